The second-order valence-corrected chi connectivity index (χ2v) is 24.9. The van der Waals surface area contributed by atoms with Gasteiger partial charge in [-0.2, -0.15) is 0 Å². The van der Waals surface area contributed by atoms with Crippen molar-refractivity contribution in [1.82, 2.24) is 5.32 Å². The summed E-state index contributed by atoms with van der Waals surface area (Å²) in [6.07, 6.45) is 89.4. The summed E-state index contributed by atoms with van der Waals surface area (Å²) < 4.78 is 5.49. The first-order valence-corrected chi connectivity index (χ1v) is 36.3. The predicted octanol–water partition coefficient (Wildman–Crippen LogP) is 23.5. The van der Waals surface area contributed by atoms with Gasteiger partial charge in [-0.05, 0) is 64.2 Å². The van der Waals surface area contributed by atoms with E-state index in [1.807, 2.05) is 6.08 Å². The lowest BCUT2D eigenvalue weighted by atomic mass is 10.0. The van der Waals surface area contributed by atoms with Gasteiger partial charge in [-0.3, -0.25) is 9.59 Å². The van der Waals surface area contributed by atoms with Crippen molar-refractivity contribution in [3.05, 3.63) is 36.5 Å². The zero-order valence-electron chi connectivity index (χ0n) is 54.1. The molecular weight excluding hydrogens is 983 g/mol. The highest BCUT2D eigenvalue weighted by Crippen LogP contribution is 2.19. The van der Waals surface area contributed by atoms with Gasteiger partial charge in [0.05, 0.1) is 25.4 Å². The Kier molecular flexibility index (Phi) is 67.9. The van der Waals surface area contributed by atoms with Crippen molar-refractivity contribution in [3.8, 4) is 0 Å². The number of ether oxygens (including phenoxy) is 1. The normalized spacial score (nSPS) is 12.7. The van der Waals surface area contributed by atoms with Gasteiger partial charge >= 0.3 is 5.97 Å². The van der Waals surface area contributed by atoms with Crippen LogP contribution in [0, 0.1) is 0 Å². The lowest BCUT2D eigenvalue weighted by Crippen LogP contribution is -2.45. The van der Waals surface area contributed by atoms with Crippen molar-refractivity contribution in [2.24, 2.45) is 0 Å². The van der Waals surface area contributed by atoms with E-state index in [2.05, 4.69) is 43.5 Å². The van der Waals surface area contributed by atoms with Crippen LogP contribution in [0.4, 0.5) is 0 Å². The minimum atomic E-state index is -0.843. The zero-order chi connectivity index (χ0) is 57.8. The number of carbonyl (C=O) groups excluding carboxylic acids is 2. The number of amides is 1. The second kappa shape index (κ2) is 69.6. The lowest BCUT2D eigenvalue weighted by Gasteiger charge is -2.20. The molecule has 0 aromatic heterocycles. The summed E-state index contributed by atoms with van der Waals surface area (Å²) in [6.45, 7) is 4.92. The fraction of sp³-hybridized carbons (Fsp3) is 0.892. The number of unbranched alkanes of at least 4 members (excludes halogenated alkanes) is 53. The molecule has 0 aromatic rings. The van der Waals surface area contributed by atoms with E-state index in [1.165, 1.54) is 321 Å². The molecular formula is C74H141NO5. The van der Waals surface area contributed by atoms with Gasteiger partial charge in [0.25, 0.3) is 0 Å². The third-order valence-corrected chi connectivity index (χ3v) is 16.9. The van der Waals surface area contributed by atoms with Crippen LogP contribution in [0.1, 0.15) is 399 Å². The van der Waals surface area contributed by atoms with Crippen LogP contribution >= 0.6 is 0 Å². The Balaban J connectivity index is 3.37. The molecule has 80 heavy (non-hydrogen) atoms. The molecule has 0 radical (unpaired) electrons. The Morgan fingerprint density at radius 3 is 0.963 bits per heavy atom. The monoisotopic (exact) mass is 1120 g/mol. The SMILES string of the molecule is CCCCCC/C=C\C/C=C\CCCCCCCC(=O)OCCCCCCCCCCCCCCCCCCCCCCCCCCCCCCC(=O)NC(CO)C(O)/C=C/CCCCCCCCCCCCCCCCCCC. The number of carbonyl (C=O) groups is 2. The largest absolute Gasteiger partial charge is 0.466 e. The predicted molar refractivity (Wildman–Crippen MR) is 352 cm³/mol. The van der Waals surface area contributed by atoms with Gasteiger partial charge in [-0.1, -0.05) is 359 Å². The first kappa shape index (κ1) is 78.1. The Hall–Kier alpha value is -1.92. The minimum Gasteiger partial charge on any atom is -0.466 e. The van der Waals surface area contributed by atoms with Crippen LogP contribution in [-0.4, -0.2) is 47.4 Å². The summed E-state index contributed by atoms with van der Waals surface area (Å²) in [6, 6.07) is -0.626. The van der Waals surface area contributed by atoms with Gasteiger partial charge in [0.1, 0.15) is 0 Å². The molecule has 0 fully saturated rings. The highest BCUT2D eigenvalue weighted by molar-refractivity contribution is 5.76. The number of aliphatic hydroxyl groups excluding tert-OH is 2. The van der Waals surface area contributed by atoms with E-state index in [1.54, 1.807) is 6.08 Å². The number of esters is 1. The molecule has 0 aliphatic carbocycles. The molecule has 0 saturated carbocycles. The summed E-state index contributed by atoms with van der Waals surface area (Å²) in [5.41, 5.74) is 0. The molecule has 0 aromatic carbocycles. The van der Waals surface area contributed by atoms with Crippen LogP contribution in [0.25, 0.3) is 0 Å². The summed E-state index contributed by atoms with van der Waals surface area (Å²) in [5.74, 6) is -0.0560. The zero-order valence-corrected chi connectivity index (χ0v) is 54.1. The Morgan fingerprint density at radius 1 is 0.350 bits per heavy atom. The molecule has 0 bridgehead atoms. The van der Waals surface area contributed by atoms with Gasteiger partial charge in [-0.15, -0.1) is 0 Å². The van der Waals surface area contributed by atoms with E-state index in [4.69, 9.17) is 4.74 Å². The third kappa shape index (κ3) is 65.2. The van der Waals surface area contributed by atoms with Crippen LogP contribution in [0.15, 0.2) is 36.5 Å². The number of rotatable bonds is 68. The van der Waals surface area contributed by atoms with E-state index in [-0.39, 0.29) is 18.5 Å². The second-order valence-electron chi connectivity index (χ2n) is 24.9. The van der Waals surface area contributed by atoms with Crippen molar-refractivity contribution in [2.45, 2.75) is 411 Å². The fourth-order valence-corrected chi connectivity index (χ4v) is 11.4. The Bertz CT molecular complexity index is 1300. The van der Waals surface area contributed by atoms with Crippen LogP contribution in [-0.2, 0) is 14.3 Å². The maximum Gasteiger partial charge on any atom is 0.305 e. The van der Waals surface area contributed by atoms with Gasteiger partial charge in [-0.25, -0.2) is 0 Å². The van der Waals surface area contributed by atoms with Crippen LogP contribution in [0.2, 0.25) is 0 Å². The van der Waals surface area contributed by atoms with Crippen molar-refractivity contribution in [2.75, 3.05) is 13.2 Å². The third-order valence-electron chi connectivity index (χ3n) is 16.9. The molecule has 1 amide bonds. The van der Waals surface area contributed by atoms with Crippen LogP contribution in [0.3, 0.4) is 0 Å². The van der Waals surface area contributed by atoms with Crippen molar-refractivity contribution in [1.29, 1.82) is 0 Å². The van der Waals surface area contributed by atoms with Gasteiger partial charge in [0, 0.05) is 12.8 Å². The average Bonchev–Trinajstić information content (AvgIpc) is 3.46. The molecule has 0 spiro atoms. The maximum absolute atomic E-state index is 12.5. The molecule has 2 atom stereocenters. The van der Waals surface area contributed by atoms with E-state index in [0.717, 1.165) is 51.4 Å². The summed E-state index contributed by atoms with van der Waals surface area (Å²) in [4.78, 5) is 24.6. The molecule has 6 heteroatoms. The first-order chi connectivity index (χ1) is 39.5. The highest BCUT2D eigenvalue weighted by Gasteiger charge is 2.18. The molecule has 3 N–H and O–H groups in total. The van der Waals surface area contributed by atoms with Gasteiger partial charge < -0.3 is 20.3 Å². The highest BCUT2D eigenvalue weighted by atomic mass is 16.5. The summed E-state index contributed by atoms with van der Waals surface area (Å²) >= 11 is 0. The quantitative estimate of drug-likeness (QED) is 0.0320. The van der Waals surface area contributed by atoms with Crippen molar-refractivity contribution < 1.29 is 24.5 Å². The summed E-state index contributed by atoms with van der Waals surface area (Å²) in [5, 5.41) is 23.2. The van der Waals surface area contributed by atoms with Gasteiger partial charge in [0.2, 0.25) is 5.91 Å². The molecule has 472 valence electrons. The molecule has 0 aliphatic rings. The van der Waals surface area contributed by atoms with Crippen molar-refractivity contribution in [3.63, 3.8) is 0 Å². The number of nitrogens with one attached hydrogen (secondary N) is 1. The van der Waals surface area contributed by atoms with E-state index in [0.29, 0.717) is 19.4 Å². The Morgan fingerprint density at radius 2 is 0.625 bits per heavy atom. The number of aliphatic hydroxyl groups is 2. The molecule has 0 heterocycles. The summed E-state index contributed by atoms with van der Waals surface area (Å²) in [7, 11) is 0. The molecule has 2 unspecified atom stereocenters. The average molecular weight is 1120 g/mol. The number of hydrogen-bond acceptors (Lipinski definition) is 5. The first-order valence-electron chi connectivity index (χ1n) is 36.3. The van der Waals surface area contributed by atoms with E-state index in [9.17, 15) is 19.8 Å². The number of allylic oxidation sites excluding steroid dienone is 5. The number of hydrogen-bond donors (Lipinski definition) is 3. The Labute approximate surface area is 500 Å². The van der Waals surface area contributed by atoms with Crippen LogP contribution in [0.5, 0.6) is 0 Å². The van der Waals surface area contributed by atoms with Crippen LogP contribution < -0.4 is 5.32 Å². The standard InChI is InChI=1S/C74H141NO5/c1-3-5-7-9-11-13-15-17-19-21-32-35-38-42-46-50-54-58-62-66-72(77)71(70-76)75-73(78)67-63-59-55-51-47-43-39-36-33-30-28-26-24-22-23-25-27-29-31-34-37-41-45-49-53-57-61-65-69-80-74(79)68-64-60-56-52-48-44-40-20-18-16-14-12-10-8-6-4-2/h14,16,20,40,62,66,71-72,76-77H,3-13,15,17-19,21-39,41-61,63-65,67-70H2,1-2H3,(H,75,78)/b16-14-,40-20-,66-62+. The molecule has 0 aliphatic heterocycles. The van der Waals surface area contributed by atoms with E-state index >= 15 is 0 Å². The van der Waals surface area contributed by atoms with E-state index < -0.39 is 12.1 Å². The molecule has 6 nitrogen and oxygen atoms in total. The fourth-order valence-electron chi connectivity index (χ4n) is 11.4. The maximum atomic E-state index is 12.5. The lowest BCUT2D eigenvalue weighted by molar-refractivity contribution is -0.143. The topological polar surface area (TPSA) is 95.9 Å². The molecule has 0 saturated heterocycles. The molecule has 0 rings (SSSR count). The van der Waals surface area contributed by atoms with Gasteiger partial charge in [0.15, 0.2) is 0 Å². The smallest absolute Gasteiger partial charge is 0.305 e. The van der Waals surface area contributed by atoms with Crippen molar-refractivity contribution >= 4 is 11.9 Å². The minimum absolute atomic E-state index is 0.00544.